The van der Waals surface area contributed by atoms with Gasteiger partial charge < -0.3 is 20.1 Å². The molecule has 2 N–H and O–H groups in total. The fraction of sp³-hybridized carbons (Fsp3) is 0.571. The summed E-state index contributed by atoms with van der Waals surface area (Å²) < 4.78 is 24.4. The van der Waals surface area contributed by atoms with Crippen LogP contribution in [0.1, 0.15) is 19.3 Å². The molecule has 0 unspecified atom stereocenters. The SMILES string of the molecule is COc1ccc(N)c(F)c1OCCCN1CCCC1. The number of ether oxygens (including phenoxy) is 2. The normalized spacial score (nSPS) is 15.7. The van der Waals surface area contributed by atoms with Gasteiger partial charge in [-0.25, -0.2) is 4.39 Å². The molecule has 106 valence electrons. The number of anilines is 1. The zero-order valence-corrected chi connectivity index (χ0v) is 11.3. The van der Waals surface area contributed by atoms with E-state index in [0.717, 1.165) is 26.1 Å². The van der Waals surface area contributed by atoms with Gasteiger partial charge in [-0.15, -0.1) is 0 Å². The highest BCUT2D eigenvalue weighted by molar-refractivity contribution is 5.53. The summed E-state index contributed by atoms with van der Waals surface area (Å²) in [5.41, 5.74) is 5.61. The van der Waals surface area contributed by atoms with Gasteiger partial charge in [0, 0.05) is 6.54 Å². The van der Waals surface area contributed by atoms with Crippen molar-refractivity contribution in [2.45, 2.75) is 19.3 Å². The van der Waals surface area contributed by atoms with E-state index >= 15 is 0 Å². The van der Waals surface area contributed by atoms with E-state index in [0.29, 0.717) is 12.4 Å². The lowest BCUT2D eigenvalue weighted by Gasteiger charge is -2.16. The molecule has 19 heavy (non-hydrogen) atoms. The van der Waals surface area contributed by atoms with Gasteiger partial charge in [0.15, 0.2) is 17.3 Å². The van der Waals surface area contributed by atoms with Crippen molar-refractivity contribution in [2.24, 2.45) is 0 Å². The summed E-state index contributed by atoms with van der Waals surface area (Å²) in [5.74, 6) is -0.0442. The minimum atomic E-state index is -0.541. The summed E-state index contributed by atoms with van der Waals surface area (Å²) in [6.07, 6.45) is 3.43. The Balaban J connectivity index is 1.86. The van der Waals surface area contributed by atoms with Crippen LogP contribution in [-0.4, -0.2) is 38.3 Å². The van der Waals surface area contributed by atoms with Crippen LogP contribution in [0.2, 0.25) is 0 Å². The second kappa shape index (κ2) is 6.61. The maximum absolute atomic E-state index is 13.8. The predicted molar refractivity (Wildman–Crippen MR) is 73.2 cm³/mol. The summed E-state index contributed by atoms with van der Waals surface area (Å²) in [6, 6.07) is 3.10. The molecule has 1 aliphatic heterocycles. The van der Waals surface area contributed by atoms with E-state index in [1.807, 2.05) is 0 Å². The summed E-state index contributed by atoms with van der Waals surface area (Å²) in [5, 5.41) is 0. The Morgan fingerprint density at radius 1 is 1.32 bits per heavy atom. The second-order valence-corrected chi connectivity index (χ2v) is 4.75. The minimum absolute atomic E-state index is 0.0790. The van der Waals surface area contributed by atoms with Crippen LogP contribution in [0.25, 0.3) is 0 Å². The lowest BCUT2D eigenvalue weighted by atomic mass is 10.2. The molecule has 0 amide bonds. The number of rotatable bonds is 6. The van der Waals surface area contributed by atoms with Crippen LogP contribution in [0, 0.1) is 5.82 Å². The first kappa shape index (κ1) is 13.9. The van der Waals surface area contributed by atoms with Crippen molar-refractivity contribution in [3.63, 3.8) is 0 Å². The Bertz CT molecular complexity index is 420. The molecule has 0 aromatic heterocycles. The van der Waals surface area contributed by atoms with E-state index < -0.39 is 5.82 Å². The number of nitrogen functional groups attached to an aromatic ring is 1. The molecule has 1 heterocycles. The highest BCUT2D eigenvalue weighted by Crippen LogP contribution is 2.33. The monoisotopic (exact) mass is 268 g/mol. The number of benzene rings is 1. The van der Waals surface area contributed by atoms with Crippen molar-refractivity contribution in [1.29, 1.82) is 0 Å². The van der Waals surface area contributed by atoms with E-state index in [4.69, 9.17) is 15.2 Å². The fourth-order valence-corrected chi connectivity index (χ4v) is 2.32. The Morgan fingerprint density at radius 3 is 2.74 bits per heavy atom. The molecule has 0 saturated carbocycles. The molecule has 1 aromatic carbocycles. The molecule has 2 rings (SSSR count). The van der Waals surface area contributed by atoms with Gasteiger partial charge in [-0.3, -0.25) is 0 Å². The lowest BCUT2D eigenvalue weighted by Crippen LogP contribution is -2.22. The smallest absolute Gasteiger partial charge is 0.199 e. The lowest BCUT2D eigenvalue weighted by molar-refractivity contribution is 0.246. The Labute approximate surface area is 113 Å². The highest BCUT2D eigenvalue weighted by Gasteiger charge is 2.15. The molecule has 1 fully saturated rings. The largest absolute Gasteiger partial charge is 0.493 e. The molecule has 0 spiro atoms. The van der Waals surface area contributed by atoms with Crippen molar-refractivity contribution in [3.05, 3.63) is 17.9 Å². The zero-order valence-electron chi connectivity index (χ0n) is 11.3. The van der Waals surface area contributed by atoms with Crippen LogP contribution in [0.5, 0.6) is 11.5 Å². The molecular formula is C14H21FN2O2. The molecule has 0 radical (unpaired) electrons. The van der Waals surface area contributed by atoms with Crippen LogP contribution in [-0.2, 0) is 0 Å². The molecule has 4 nitrogen and oxygen atoms in total. The summed E-state index contributed by atoms with van der Waals surface area (Å²) in [4.78, 5) is 2.40. The molecule has 5 heteroatoms. The van der Waals surface area contributed by atoms with Gasteiger partial charge in [-0.05, 0) is 44.5 Å². The molecular weight excluding hydrogens is 247 g/mol. The zero-order chi connectivity index (χ0) is 13.7. The number of likely N-dealkylation sites (tertiary alicyclic amines) is 1. The standard InChI is InChI=1S/C14H21FN2O2/c1-18-12-6-5-11(16)13(15)14(12)19-10-4-9-17-7-2-3-8-17/h5-6H,2-4,7-10,16H2,1H3. The van der Waals surface area contributed by atoms with Crippen molar-refractivity contribution >= 4 is 5.69 Å². The molecule has 0 aliphatic carbocycles. The van der Waals surface area contributed by atoms with Crippen LogP contribution >= 0.6 is 0 Å². The highest BCUT2D eigenvalue weighted by atomic mass is 19.1. The molecule has 1 saturated heterocycles. The number of hydrogen-bond donors (Lipinski definition) is 1. The Morgan fingerprint density at radius 2 is 2.05 bits per heavy atom. The second-order valence-electron chi connectivity index (χ2n) is 4.75. The molecule has 1 aliphatic rings. The van der Waals surface area contributed by atoms with Gasteiger partial charge in [-0.1, -0.05) is 0 Å². The number of methoxy groups -OCH3 is 1. The van der Waals surface area contributed by atoms with Gasteiger partial charge in [0.25, 0.3) is 0 Å². The maximum atomic E-state index is 13.8. The summed E-state index contributed by atoms with van der Waals surface area (Å²) in [7, 11) is 1.49. The van der Waals surface area contributed by atoms with E-state index in [9.17, 15) is 4.39 Å². The third kappa shape index (κ3) is 3.50. The van der Waals surface area contributed by atoms with Crippen LogP contribution in [0.4, 0.5) is 10.1 Å². The molecule has 0 atom stereocenters. The summed E-state index contributed by atoms with van der Waals surface area (Å²) in [6.45, 7) is 3.78. The average molecular weight is 268 g/mol. The van der Waals surface area contributed by atoms with Crippen molar-refractivity contribution in [2.75, 3.05) is 39.1 Å². The van der Waals surface area contributed by atoms with Gasteiger partial charge in [0.05, 0.1) is 19.4 Å². The van der Waals surface area contributed by atoms with Crippen molar-refractivity contribution < 1.29 is 13.9 Å². The third-order valence-corrected chi connectivity index (χ3v) is 3.37. The average Bonchev–Trinajstić information content (AvgIpc) is 2.92. The van der Waals surface area contributed by atoms with Gasteiger partial charge in [0.1, 0.15) is 0 Å². The van der Waals surface area contributed by atoms with Crippen LogP contribution in [0.3, 0.4) is 0 Å². The van der Waals surface area contributed by atoms with Crippen molar-refractivity contribution in [3.8, 4) is 11.5 Å². The van der Waals surface area contributed by atoms with Gasteiger partial charge in [-0.2, -0.15) is 0 Å². The minimum Gasteiger partial charge on any atom is -0.493 e. The Hall–Kier alpha value is -1.49. The maximum Gasteiger partial charge on any atom is 0.199 e. The molecule has 0 bridgehead atoms. The Kier molecular flexibility index (Phi) is 4.85. The topological polar surface area (TPSA) is 47.7 Å². The van der Waals surface area contributed by atoms with E-state index in [1.165, 1.54) is 26.0 Å². The van der Waals surface area contributed by atoms with Gasteiger partial charge >= 0.3 is 0 Å². The first-order valence-electron chi connectivity index (χ1n) is 6.69. The van der Waals surface area contributed by atoms with Crippen molar-refractivity contribution in [1.82, 2.24) is 4.90 Å². The first-order chi connectivity index (χ1) is 9.22. The van der Waals surface area contributed by atoms with Crippen LogP contribution in [0.15, 0.2) is 12.1 Å². The number of halogens is 1. The number of nitrogens with zero attached hydrogens (tertiary/aromatic N) is 1. The predicted octanol–water partition coefficient (Wildman–Crippen LogP) is 2.28. The first-order valence-corrected chi connectivity index (χ1v) is 6.69. The number of nitrogens with two attached hydrogens (primary N) is 1. The fourth-order valence-electron chi connectivity index (χ4n) is 2.32. The van der Waals surface area contributed by atoms with E-state index in [2.05, 4.69) is 4.90 Å². The molecule has 1 aromatic rings. The number of hydrogen-bond acceptors (Lipinski definition) is 4. The van der Waals surface area contributed by atoms with Crippen LogP contribution < -0.4 is 15.2 Å². The third-order valence-electron chi connectivity index (χ3n) is 3.37. The van der Waals surface area contributed by atoms with Gasteiger partial charge in [0.2, 0.25) is 0 Å². The quantitative estimate of drug-likeness (QED) is 0.635. The summed E-state index contributed by atoms with van der Waals surface area (Å²) >= 11 is 0. The van der Waals surface area contributed by atoms with E-state index in [-0.39, 0.29) is 11.4 Å². The van der Waals surface area contributed by atoms with E-state index in [1.54, 1.807) is 6.07 Å².